The van der Waals surface area contributed by atoms with Gasteiger partial charge in [0.15, 0.2) is 5.78 Å². The maximum atomic E-state index is 11.4. The number of nitro groups is 1. The molecular weight excluding hydrogens is 260 g/mol. The molecule has 0 spiro atoms. The maximum absolute atomic E-state index is 11.4. The van der Waals surface area contributed by atoms with Crippen molar-refractivity contribution < 1.29 is 14.5 Å². The molecule has 1 aromatic carbocycles. The molecule has 1 unspecified atom stereocenters. The van der Waals surface area contributed by atoms with Crippen molar-refractivity contribution in [3.63, 3.8) is 0 Å². The minimum Gasteiger partial charge on any atom is -0.384 e. The normalized spacial score (nSPS) is 18.3. The number of rotatable bonds is 5. The van der Waals surface area contributed by atoms with Crippen LogP contribution in [0.2, 0.25) is 0 Å². The quantitative estimate of drug-likeness (QED) is 0.469. The van der Waals surface area contributed by atoms with E-state index in [4.69, 9.17) is 4.74 Å². The third-order valence-electron chi connectivity index (χ3n) is 3.61. The van der Waals surface area contributed by atoms with Crippen LogP contribution in [0.15, 0.2) is 18.2 Å². The van der Waals surface area contributed by atoms with Crippen LogP contribution < -0.4 is 4.90 Å². The van der Waals surface area contributed by atoms with E-state index < -0.39 is 4.92 Å². The fourth-order valence-corrected chi connectivity index (χ4v) is 2.60. The number of anilines is 1. The number of carbonyl (C=O) groups excluding carboxylic acids is 1. The second-order valence-electron chi connectivity index (χ2n) is 5.07. The van der Waals surface area contributed by atoms with Gasteiger partial charge in [0.1, 0.15) is 0 Å². The van der Waals surface area contributed by atoms with E-state index in [1.807, 2.05) is 0 Å². The van der Waals surface area contributed by atoms with Gasteiger partial charge < -0.3 is 9.64 Å². The third kappa shape index (κ3) is 2.96. The Balaban J connectivity index is 2.24. The van der Waals surface area contributed by atoms with Crippen molar-refractivity contribution in [3.05, 3.63) is 33.9 Å². The molecule has 6 heteroatoms. The Hall–Kier alpha value is -1.95. The van der Waals surface area contributed by atoms with Crippen molar-refractivity contribution in [2.24, 2.45) is 5.92 Å². The Kier molecular flexibility index (Phi) is 4.34. The molecule has 1 saturated heterocycles. The molecule has 0 N–H and O–H groups in total. The minimum absolute atomic E-state index is 0.120. The first kappa shape index (κ1) is 14.5. The molecule has 0 aromatic heterocycles. The van der Waals surface area contributed by atoms with Crippen molar-refractivity contribution in [1.82, 2.24) is 0 Å². The van der Waals surface area contributed by atoms with E-state index in [0.717, 1.165) is 25.2 Å². The van der Waals surface area contributed by atoms with Crippen molar-refractivity contribution in [1.29, 1.82) is 0 Å². The van der Waals surface area contributed by atoms with Gasteiger partial charge in [-0.3, -0.25) is 14.9 Å². The van der Waals surface area contributed by atoms with Crippen LogP contribution in [0, 0.1) is 16.0 Å². The highest BCUT2D eigenvalue weighted by Gasteiger charge is 2.25. The number of methoxy groups -OCH3 is 1. The summed E-state index contributed by atoms with van der Waals surface area (Å²) in [7, 11) is 1.68. The number of hydrogen-bond donors (Lipinski definition) is 0. The van der Waals surface area contributed by atoms with Gasteiger partial charge in [0.25, 0.3) is 5.69 Å². The highest BCUT2D eigenvalue weighted by Crippen LogP contribution is 2.29. The number of carbonyl (C=O) groups is 1. The smallest absolute Gasteiger partial charge is 0.282 e. The largest absolute Gasteiger partial charge is 0.384 e. The maximum Gasteiger partial charge on any atom is 0.282 e. The molecule has 0 saturated carbocycles. The summed E-state index contributed by atoms with van der Waals surface area (Å²) in [5.41, 5.74) is 0.830. The molecule has 0 amide bonds. The van der Waals surface area contributed by atoms with E-state index in [1.165, 1.54) is 13.0 Å². The lowest BCUT2D eigenvalue weighted by atomic mass is 10.1. The summed E-state index contributed by atoms with van der Waals surface area (Å²) in [6.45, 7) is 3.71. The fraction of sp³-hybridized carbons (Fsp3) is 0.500. The lowest BCUT2D eigenvalue weighted by molar-refractivity contribution is -0.385. The number of nitrogens with zero attached hydrogens (tertiary/aromatic N) is 2. The molecule has 1 atom stereocenters. The monoisotopic (exact) mass is 278 g/mol. The molecule has 0 radical (unpaired) electrons. The fourth-order valence-electron chi connectivity index (χ4n) is 2.60. The van der Waals surface area contributed by atoms with Gasteiger partial charge in [-0.05, 0) is 25.5 Å². The number of ether oxygens (including phenoxy) is 1. The highest BCUT2D eigenvalue weighted by molar-refractivity contribution is 5.98. The van der Waals surface area contributed by atoms with Crippen LogP contribution in [0.1, 0.15) is 23.7 Å². The van der Waals surface area contributed by atoms with Crippen LogP contribution in [0.4, 0.5) is 11.4 Å². The van der Waals surface area contributed by atoms with Gasteiger partial charge in [-0.2, -0.15) is 0 Å². The Labute approximate surface area is 117 Å². The Morgan fingerprint density at radius 1 is 1.55 bits per heavy atom. The summed E-state index contributed by atoms with van der Waals surface area (Å²) >= 11 is 0. The average Bonchev–Trinajstić information content (AvgIpc) is 2.87. The van der Waals surface area contributed by atoms with Crippen LogP contribution >= 0.6 is 0 Å². The number of Topliss-reactive ketones (excluding diaryl/α,β-unsaturated/α-hetero) is 1. The number of benzene rings is 1. The predicted molar refractivity (Wildman–Crippen MR) is 75.3 cm³/mol. The van der Waals surface area contributed by atoms with Crippen LogP contribution in [0.25, 0.3) is 0 Å². The summed E-state index contributed by atoms with van der Waals surface area (Å²) in [4.78, 5) is 24.1. The summed E-state index contributed by atoms with van der Waals surface area (Å²) in [5, 5.41) is 11.1. The van der Waals surface area contributed by atoms with Gasteiger partial charge in [0, 0.05) is 37.9 Å². The first-order chi connectivity index (χ1) is 9.52. The van der Waals surface area contributed by atoms with E-state index in [-0.39, 0.29) is 17.0 Å². The molecule has 108 valence electrons. The lowest BCUT2D eigenvalue weighted by Crippen LogP contribution is -2.21. The standard InChI is InChI=1S/C14H18N2O4/c1-10(17)13-4-3-12(7-14(13)16(18)19)15-6-5-11(8-15)9-20-2/h3-4,7,11H,5-6,8-9H2,1-2H3. The zero-order chi connectivity index (χ0) is 14.7. The second kappa shape index (κ2) is 6.00. The first-order valence-electron chi connectivity index (χ1n) is 6.56. The Morgan fingerprint density at radius 3 is 2.90 bits per heavy atom. The van der Waals surface area contributed by atoms with E-state index in [2.05, 4.69) is 4.90 Å². The molecule has 1 aliphatic heterocycles. The molecule has 1 heterocycles. The summed E-state index contributed by atoms with van der Waals surface area (Å²) in [5.74, 6) is 0.161. The van der Waals surface area contributed by atoms with Crippen LogP contribution in [-0.4, -0.2) is 37.5 Å². The van der Waals surface area contributed by atoms with Crippen molar-refractivity contribution in [2.75, 3.05) is 31.7 Å². The molecule has 0 bridgehead atoms. The second-order valence-corrected chi connectivity index (χ2v) is 5.07. The van der Waals surface area contributed by atoms with E-state index in [1.54, 1.807) is 19.2 Å². The van der Waals surface area contributed by atoms with Gasteiger partial charge in [-0.15, -0.1) is 0 Å². The van der Waals surface area contributed by atoms with Gasteiger partial charge in [-0.1, -0.05) is 0 Å². The molecular formula is C14H18N2O4. The van der Waals surface area contributed by atoms with Crippen LogP contribution in [-0.2, 0) is 4.74 Å². The van der Waals surface area contributed by atoms with Crippen molar-refractivity contribution in [2.45, 2.75) is 13.3 Å². The zero-order valence-corrected chi connectivity index (χ0v) is 11.7. The zero-order valence-electron chi connectivity index (χ0n) is 11.7. The average molecular weight is 278 g/mol. The van der Waals surface area contributed by atoms with E-state index in [0.29, 0.717) is 12.5 Å². The predicted octanol–water partition coefficient (Wildman–Crippen LogP) is 2.27. The molecule has 1 fully saturated rings. The number of ketones is 1. The van der Waals surface area contributed by atoms with Gasteiger partial charge in [-0.25, -0.2) is 0 Å². The van der Waals surface area contributed by atoms with Gasteiger partial charge in [0.05, 0.1) is 17.1 Å². The van der Waals surface area contributed by atoms with E-state index >= 15 is 0 Å². The molecule has 6 nitrogen and oxygen atoms in total. The molecule has 0 aliphatic carbocycles. The van der Waals surface area contributed by atoms with Gasteiger partial charge >= 0.3 is 0 Å². The van der Waals surface area contributed by atoms with Crippen LogP contribution in [0.5, 0.6) is 0 Å². The third-order valence-corrected chi connectivity index (χ3v) is 3.61. The molecule has 1 aromatic rings. The topological polar surface area (TPSA) is 72.7 Å². The molecule has 2 rings (SSSR count). The Morgan fingerprint density at radius 2 is 2.30 bits per heavy atom. The van der Waals surface area contributed by atoms with Crippen molar-refractivity contribution >= 4 is 17.2 Å². The summed E-state index contributed by atoms with van der Waals surface area (Å²) < 4.78 is 5.14. The highest BCUT2D eigenvalue weighted by atomic mass is 16.6. The number of nitro benzene ring substituents is 1. The minimum atomic E-state index is -0.497. The molecule has 20 heavy (non-hydrogen) atoms. The van der Waals surface area contributed by atoms with Gasteiger partial charge in [0.2, 0.25) is 0 Å². The molecule has 1 aliphatic rings. The van der Waals surface area contributed by atoms with E-state index in [9.17, 15) is 14.9 Å². The SMILES string of the molecule is COCC1CCN(c2ccc(C(C)=O)c([N+](=O)[O-])c2)C1. The Bertz CT molecular complexity index is 530. The van der Waals surface area contributed by atoms with Crippen LogP contribution in [0.3, 0.4) is 0 Å². The lowest BCUT2D eigenvalue weighted by Gasteiger charge is -2.18. The van der Waals surface area contributed by atoms with Crippen molar-refractivity contribution in [3.8, 4) is 0 Å². The number of hydrogen-bond acceptors (Lipinski definition) is 5. The summed E-state index contributed by atoms with van der Waals surface area (Å²) in [6, 6.07) is 4.81. The first-order valence-corrected chi connectivity index (χ1v) is 6.56. The summed E-state index contributed by atoms with van der Waals surface area (Å²) in [6.07, 6.45) is 1.01.